The predicted molar refractivity (Wildman–Crippen MR) is 116 cm³/mol. The van der Waals surface area contributed by atoms with Crippen molar-refractivity contribution in [2.45, 2.75) is 45.1 Å². The van der Waals surface area contributed by atoms with E-state index in [2.05, 4.69) is 10.6 Å². The summed E-state index contributed by atoms with van der Waals surface area (Å²) in [6.45, 7) is 8.10. The van der Waals surface area contributed by atoms with E-state index < -0.39 is 52.5 Å². The second-order valence-electron chi connectivity index (χ2n) is 7.71. The van der Waals surface area contributed by atoms with E-state index >= 15 is 0 Å². The molecule has 11 nitrogen and oxygen atoms in total. The SMILES string of the molecule is CCN(CC)S(=O)(=O)c1ccc(C(=O)NCC(=O)OCC(=O)NC(=O)NC(C)(C)C)cc1. The van der Waals surface area contributed by atoms with Gasteiger partial charge in [0.1, 0.15) is 6.54 Å². The van der Waals surface area contributed by atoms with Crippen LogP contribution in [0.1, 0.15) is 45.0 Å². The fraction of sp³-hybridized carbons (Fsp3) is 0.500. The monoisotopic (exact) mass is 470 g/mol. The molecule has 0 fully saturated rings. The standard InChI is InChI=1S/C20H30N4O7S/c1-6-24(7-2)32(29,30)15-10-8-14(9-11-15)18(27)21-12-17(26)31-13-16(25)22-19(28)23-20(3,4)5/h8-11H,6-7,12-13H2,1-5H3,(H,21,27)(H2,22,23,25,28). The topological polar surface area (TPSA) is 151 Å². The maximum Gasteiger partial charge on any atom is 0.325 e. The van der Waals surface area contributed by atoms with Gasteiger partial charge >= 0.3 is 12.0 Å². The van der Waals surface area contributed by atoms with Gasteiger partial charge in [-0.15, -0.1) is 0 Å². The largest absolute Gasteiger partial charge is 0.454 e. The van der Waals surface area contributed by atoms with E-state index in [4.69, 9.17) is 4.74 Å². The van der Waals surface area contributed by atoms with Gasteiger partial charge < -0.3 is 15.4 Å². The van der Waals surface area contributed by atoms with E-state index in [1.165, 1.54) is 28.6 Å². The van der Waals surface area contributed by atoms with Crippen LogP contribution >= 0.6 is 0 Å². The Bertz CT molecular complexity index is 934. The lowest BCUT2D eigenvalue weighted by atomic mass is 10.1. The number of imide groups is 1. The second-order valence-corrected chi connectivity index (χ2v) is 9.65. The number of carbonyl (C=O) groups is 4. The molecule has 0 heterocycles. The normalized spacial score (nSPS) is 11.6. The van der Waals surface area contributed by atoms with Crippen LogP contribution in [0.2, 0.25) is 0 Å². The Hall–Kier alpha value is -2.99. The van der Waals surface area contributed by atoms with Crippen molar-refractivity contribution in [3.63, 3.8) is 0 Å². The molecule has 0 saturated carbocycles. The van der Waals surface area contributed by atoms with Gasteiger partial charge in [0.05, 0.1) is 4.90 Å². The van der Waals surface area contributed by atoms with Gasteiger partial charge in [0.2, 0.25) is 10.0 Å². The molecule has 0 radical (unpaired) electrons. The van der Waals surface area contributed by atoms with Crippen LogP contribution in [-0.2, 0) is 24.3 Å². The summed E-state index contributed by atoms with van der Waals surface area (Å²) in [5.41, 5.74) is -0.396. The number of hydrogen-bond donors (Lipinski definition) is 3. The molecule has 0 spiro atoms. The number of sulfonamides is 1. The zero-order chi connectivity index (χ0) is 24.5. The third-order valence-electron chi connectivity index (χ3n) is 3.96. The Morgan fingerprint density at radius 2 is 1.56 bits per heavy atom. The number of esters is 1. The number of ether oxygens (including phenoxy) is 1. The van der Waals surface area contributed by atoms with Crippen LogP contribution in [0.25, 0.3) is 0 Å². The molecule has 3 N–H and O–H groups in total. The number of nitrogens with zero attached hydrogens (tertiary/aromatic N) is 1. The molecule has 0 unspecified atom stereocenters. The molecule has 178 valence electrons. The molecule has 1 aromatic carbocycles. The van der Waals surface area contributed by atoms with Crippen molar-refractivity contribution < 1.29 is 32.3 Å². The minimum atomic E-state index is -3.64. The maximum absolute atomic E-state index is 12.5. The highest BCUT2D eigenvalue weighted by atomic mass is 32.2. The molecule has 32 heavy (non-hydrogen) atoms. The van der Waals surface area contributed by atoms with Crippen molar-refractivity contribution in [3.05, 3.63) is 29.8 Å². The molecule has 0 bridgehead atoms. The third-order valence-corrected chi connectivity index (χ3v) is 6.02. The highest BCUT2D eigenvalue weighted by Crippen LogP contribution is 2.16. The Morgan fingerprint density at radius 1 is 1.00 bits per heavy atom. The summed E-state index contributed by atoms with van der Waals surface area (Å²) in [5.74, 6) is -2.33. The highest BCUT2D eigenvalue weighted by molar-refractivity contribution is 7.89. The first-order valence-corrected chi connectivity index (χ1v) is 11.4. The number of nitrogens with one attached hydrogen (secondary N) is 3. The van der Waals surface area contributed by atoms with Crippen LogP contribution < -0.4 is 16.0 Å². The Labute approximate surface area is 187 Å². The summed E-state index contributed by atoms with van der Waals surface area (Å²) < 4.78 is 30.9. The van der Waals surface area contributed by atoms with Gasteiger partial charge in [-0.25, -0.2) is 13.2 Å². The Morgan fingerprint density at radius 3 is 2.06 bits per heavy atom. The first-order valence-electron chi connectivity index (χ1n) is 9.96. The molecule has 0 aliphatic rings. The Kier molecular flexibility index (Phi) is 9.79. The van der Waals surface area contributed by atoms with Gasteiger partial charge in [0.25, 0.3) is 11.8 Å². The molecule has 0 saturated heterocycles. The lowest BCUT2D eigenvalue weighted by Gasteiger charge is -2.20. The molecule has 4 amide bonds. The number of rotatable bonds is 9. The zero-order valence-corrected chi connectivity index (χ0v) is 19.7. The highest BCUT2D eigenvalue weighted by Gasteiger charge is 2.22. The summed E-state index contributed by atoms with van der Waals surface area (Å²) in [6.07, 6.45) is 0. The Balaban J connectivity index is 2.52. The third kappa shape index (κ3) is 8.63. The van der Waals surface area contributed by atoms with Crippen LogP contribution in [0, 0.1) is 0 Å². The lowest BCUT2D eigenvalue weighted by Crippen LogP contribution is -2.49. The number of amides is 4. The van der Waals surface area contributed by atoms with Crippen LogP contribution in [0.15, 0.2) is 29.2 Å². The molecule has 0 aliphatic heterocycles. The van der Waals surface area contributed by atoms with E-state index in [1.54, 1.807) is 34.6 Å². The van der Waals surface area contributed by atoms with E-state index in [1.807, 2.05) is 5.32 Å². The van der Waals surface area contributed by atoms with Crippen molar-refractivity contribution in [3.8, 4) is 0 Å². The van der Waals surface area contributed by atoms with Crippen LogP contribution in [-0.4, -0.2) is 68.3 Å². The summed E-state index contributed by atoms with van der Waals surface area (Å²) in [7, 11) is -3.64. The zero-order valence-electron chi connectivity index (χ0n) is 18.9. The molecule has 0 aromatic heterocycles. The smallest absolute Gasteiger partial charge is 0.325 e. The van der Waals surface area contributed by atoms with Crippen molar-refractivity contribution in [1.29, 1.82) is 0 Å². The quantitative estimate of drug-likeness (QED) is 0.447. The van der Waals surface area contributed by atoms with Crippen molar-refractivity contribution in [2.24, 2.45) is 0 Å². The fourth-order valence-corrected chi connectivity index (χ4v) is 3.94. The summed E-state index contributed by atoms with van der Waals surface area (Å²) >= 11 is 0. The molecule has 1 aromatic rings. The molecule has 12 heteroatoms. The predicted octanol–water partition coefficient (Wildman–Crippen LogP) is 0.614. The average molecular weight is 471 g/mol. The number of benzene rings is 1. The van der Waals surface area contributed by atoms with Crippen LogP contribution in [0.5, 0.6) is 0 Å². The van der Waals surface area contributed by atoms with E-state index in [-0.39, 0.29) is 10.5 Å². The van der Waals surface area contributed by atoms with Gasteiger partial charge in [-0.2, -0.15) is 4.31 Å². The molecular weight excluding hydrogens is 440 g/mol. The fourth-order valence-electron chi connectivity index (χ4n) is 2.48. The number of hydrogen-bond acceptors (Lipinski definition) is 7. The van der Waals surface area contributed by atoms with Crippen molar-refractivity contribution in [2.75, 3.05) is 26.2 Å². The summed E-state index contributed by atoms with van der Waals surface area (Å²) in [5, 5.41) is 6.84. The van der Waals surface area contributed by atoms with Gasteiger partial charge in [0, 0.05) is 24.2 Å². The van der Waals surface area contributed by atoms with Gasteiger partial charge in [-0.3, -0.25) is 19.7 Å². The minimum absolute atomic E-state index is 0.0543. The number of carbonyl (C=O) groups excluding carboxylic acids is 4. The van der Waals surface area contributed by atoms with E-state index in [0.29, 0.717) is 13.1 Å². The molecule has 1 rings (SSSR count). The lowest BCUT2D eigenvalue weighted by molar-refractivity contribution is -0.147. The maximum atomic E-state index is 12.5. The van der Waals surface area contributed by atoms with Gasteiger partial charge in [0.15, 0.2) is 6.61 Å². The first kappa shape index (κ1) is 27.0. The van der Waals surface area contributed by atoms with E-state index in [9.17, 15) is 27.6 Å². The summed E-state index contributed by atoms with van der Waals surface area (Å²) in [4.78, 5) is 47.1. The van der Waals surface area contributed by atoms with Crippen molar-refractivity contribution in [1.82, 2.24) is 20.3 Å². The number of urea groups is 1. The average Bonchev–Trinajstić information content (AvgIpc) is 2.69. The van der Waals surface area contributed by atoms with E-state index in [0.717, 1.165) is 0 Å². The molecule has 0 aliphatic carbocycles. The second kappa shape index (κ2) is 11.6. The van der Waals surface area contributed by atoms with Crippen LogP contribution in [0.3, 0.4) is 0 Å². The molecule has 0 atom stereocenters. The summed E-state index contributed by atoms with van der Waals surface area (Å²) in [6, 6.07) is 4.57. The molecular formula is C20H30N4O7S. The first-order chi connectivity index (χ1) is 14.8. The van der Waals surface area contributed by atoms with Gasteiger partial charge in [-0.05, 0) is 45.0 Å². The van der Waals surface area contributed by atoms with Crippen LogP contribution in [0.4, 0.5) is 4.79 Å². The van der Waals surface area contributed by atoms with Gasteiger partial charge in [-0.1, -0.05) is 13.8 Å². The van der Waals surface area contributed by atoms with Crippen molar-refractivity contribution >= 4 is 33.8 Å². The minimum Gasteiger partial charge on any atom is -0.454 e.